The summed E-state index contributed by atoms with van der Waals surface area (Å²) in [5.41, 5.74) is 0.874. The molecule has 3 rings (SSSR count). The van der Waals surface area contributed by atoms with Gasteiger partial charge in [0.15, 0.2) is 5.65 Å². The van der Waals surface area contributed by atoms with Gasteiger partial charge in [0.1, 0.15) is 12.1 Å². The molecule has 0 spiro atoms. The molecule has 0 aliphatic carbocycles. The highest BCUT2D eigenvalue weighted by Gasteiger charge is 2.21. The molecule has 0 radical (unpaired) electrons. The van der Waals surface area contributed by atoms with E-state index in [0.717, 1.165) is 29.9 Å². The fourth-order valence-corrected chi connectivity index (χ4v) is 2.71. The zero-order valence-corrected chi connectivity index (χ0v) is 11.5. The topological polar surface area (TPSA) is 58.9 Å². The van der Waals surface area contributed by atoms with E-state index in [4.69, 9.17) is 0 Å². The van der Waals surface area contributed by atoms with Gasteiger partial charge in [-0.25, -0.2) is 9.97 Å². The van der Waals surface area contributed by atoms with Crippen molar-refractivity contribution in [2.24, 2.45) is 13.0 Å². The van der Waals surface area contributed by atoms with Gasteiger partial charge in [-0.2, -0.15) is 5.10 Å². The predicted octanol–water partition coefficient (Wildman–Crippen LogP) is 1.12. The van der Waals surface area contributed by atoms with Crippen LogP contribution in [0.5, 0.6) is 0 Å². The van der Waals surface area contributed by atoms with Crippen LogP contribution in [0.2, 0.25) is 0 Å². The van der Waals surface area contributed by atoms with Crippen LogP contribution in [0.1, 0.15) is 13.3 Å². The van der Waals surface area contributed by atoms with Crippen LogP contribution in [0.4, 0.5) is 5.82 Å². The Morgan fingerprint density at radius 2 is 2.32 bits per heavy atom. The molecule has 6 nitrogen and oxygen atoms in total. The van der Waals surface area contributed by atoms with Crippen LogP contribution >= 0.6 is 0 Å². The van der Waals surface area contributed by atoms with Crippen molar-refractivity contribution < 1.29 is 0 Å². The lowest BCUT2D eigenvalue weighted by molar-refractivity contribution is 0.345. The molecule has 1 saturated heterocycles. The highest BCUT2D eigenvalue weighted by molar-refractivity contribution is 5.85. The molecule has 0 amide bonds. The lowest BCUT2D eigenvalue weighted by Gasteiger charge is -2.14. The monoisotopic (exact) mass is 260 g/mol. The fourth-order valence-electron chi connectivity index (χ4n) is 2.71. The molecule has 19 heavy (non-hydrogen) atoms. The third kappa shape index (κ3) is 2.40. The maximum absolute atomic E-state index is 4.33. The zero-order valence-electron chi connectivity index (χ0n) is 11.5. The van der Waals surface area contributed by atoms with E-state index in [1.54, 1.807) is 11.0 Å². The van der Waals surface area contributed by atoms with Crippen LogP contribution in [0.15, 0.2) is 12.5 Å². The van der Waals surface area contributed by atoms with Gasteiger partial charge in [0.2, 0.25) is 0 Å². The number of rotatable bonds is 4. The van der Waals surface area contributed by atoms with Crippen molar-refractivity contribution in [3.63, 3.8) is 0 Å². The summed E-state index contributed by atoms with van der Waals surface area (Å²) < 4.78 is 1.77. The molecule has 1 fully saturated rings. The fraction of sp³-hybridized carbons (Fsp3) is 0.615. The van der Waals surface area contributed by atoms with E-state index in [9.17, 15) is 0 Å². The quantitative estimate of drug-likeness (QED) is 0.892. The van der Waals surface area contributed by atoms with Crippen LogP contribution in [-0.4, -0.2) is 50.8 Å². The van der Waals surface area contributed by atoms with Crippen LogP contribution in [-0.2, 0) is 7.05 Å². The number of hydrogen-bond acceptors (Lipinski definition) is 5. The van der Waals surface area contributed by atoms with Gasteiger partial charge in [0, 0.05) is 20.1 Å². The first-order chi connectivity index (χ1) is 9.28. The predicted molar refractivity (Wildman–Crippen MR) is 75.0 cm³/mol. The molecule has 2 aromatic heterocycles. The summed E-state index contributed by atoms with van der Waals surface area (Å²) in [5.74, 6) is 1.61. The van der Waals surface area contributed by atoms with Crippen LogP contribution in [0, 0.1) is 5.92 Å². The summed E-state index contributed by atoms with van der Waals surface area (Å²) in [6.45, 7) is 6.74. The van der Waals surface area contributed by atoms with Crippen molar-refractivity contribution >= 4 is 16.9 Å². The maximum atomic E-state index is 4.33. The van der Waals surface area contributed by atoms with Gasteiger partial charge in [0.25, 0.3) is 0 Å². The number of likely N-dealkylation sites (tertiary alicyclic amines) is 1. The molecular formula is C13H20N6. The smallest absolute Gasteiger partial charge is 0.163 e. The van der Waals surface area contributed by atoms with Gasteiger partial charge in [-0.1, -0.05) is 6.92 Å². The van der Waals surface area contributed by atoms with Gasteiger partial charge in [-0.3, -0.25) is 4.68 Å². The Labute approximate surface area is 112 Å². The van der Waals surface area contributed by atoms with Gasteiger partial charge in [0.05, 0.1) is 11.6 Å². The minimum Gasteiger partial charge on any atom is -0.369 e. The highest BCUT2D eigenvalue weighted by atomic mass is 15.3. The molecule has 3 heterocycles. The molecule has 6 heteroatoms. The third-order valence-corrected chi connectivity index (χ3v) is 3.90. The normalized spacial score (nSPS) is 20.2. The Morgan fingerprint density at radius 3 is 3.11 bits per heavy atom. The van der Waals surface area contributed by atoms with E-state index in [1.807, 2.05) is 13.2 Å². The lowest BCUT2D eigenvalue weighted by Crippen LogP contribution is -2.22. The maximum Gasteiger partial charge on any atom is 0.163 e. The zero-order chi connectivity index (χ0) is 13.2. The van der Waals surface area contributed by atoms with Crippen molar-refractivity contribution in [3.8, 4) is 0 Å². The van der Waals surface area contributed by atoms with E-state index < -0.39 is 0 Å². The van der Waals surface area contributed by atoms with Crippen molar-refractivity contribution in [1.82, 2.24) is 24.6 Å². The molecule has 0 bridgehead atoms. The van der Waals surface area contributed by atoms with E-state index in [-0.39, 0.29) is 0 Å². The van der Waals surface area contributed by atoms with E-state index >= 15 is 0 Å². The molecule has 1 aliphatic heterocycles. The van der Waals surface area contributed by atoms with E-state index in [0.29, 0.717) is 5.92 Å². The minimum atomic E-state index is 0.710. The molecule has 0 saturated carbocycles. The SMILES string of the molecule is CCN1CCC(CNc2ncnc3c2cnn3C)C1. The number of nitrogens with zero attached hydrogens (tertiary/aromatic N) is 5. The molecular weight excluding hydrogens is 240 g/mol. The van der Waals surface area contributed by atoms with Crippen LogP contribution in [0.3, 0.4) is 0 Å². The first-order valence-electron chi connectivity index (χ1n) is 6.87. The summed E-state index contributed by atoms with van der Waals surface area (Å²) in [6.07, 6.45) is 4.69. The Hall–Kier alpha value is -1.69. The second-order valence-corrected chi connectivity index (χ2v) is 5.16. The Morgan fingerprint density at radius 1 is 1.42 bits per heavy atom. The van der Waals surface area contributed by atoms with Crippen molar-refractivity contribution in [1.29, 1.82) is 0 Å². The van der Waals surface area contributed by atoms with Crippen molar-refractivity contribution in [2.75, 3.05) is 31.5 Å². The van der Waals surface area contributed by atoms with E-state index in [2.05, 4.69) is 32.2 Å². The van der Waals surface area contributed by atoms with Gasteiger partial charge < -0.3 is 10.2 Å². The first kappa shape index (κ1) is 12.3. The average Bonchev–Trinajstić information content (AvgIpc) is 3.04. The van der Waals surface area contributed by atoms with Crippen molar-refractivity contribution in [3.05, 3.63) is 12.5 Å². The summed E-state index contributed by atoms with van der Waals surface area (Å²) in [6, 6.07) is 0. The summed E-state index contributed by atoms with van der Waals surface area (Å²) in [4.78, 5) is 11.1. The van der Waals surface area contributed by atoms with Crippen LogP contribution in [0.25, 0.3) is 11.0 Å². The minimum absolute atomic E-state index is 0.710. The second kappa shape index (κ2) is 5.13. The molecule has 1 aliphatic rings. The third-order valence-electron chi connectivity index (χ3n) is 3.90. The van der Waals surface area contributed by atoms with Gasteiger partial charge >= 0.3 is 0 Å². The lowest BCUT2D eigenvalue weighted by atomic mass is 10.1. The molecule has 102 valence electrons. The molecule has 1 N–H and O–H groups in total. The number of anilines is 1. The number of nitrogens with one attached hydrogen (secondary N) is 1. The Kier molecular flexibility index (Phi) is 3.33. The summed E-state index contributed by atoms with van der Waals surface area (Å²) >= 11 is 0. The number of aryl methyl sites for hydroxylation is 1. The molecule has 1 atom stereocenters. The van der Waals surface area contributed by atoms with Crippen molar-refractivity contribution in [2.45, 2.75) is 13.3 Å². The van der Waals surface area contributed by atoms with Gasteiger partial charge in [-0.05, 0) is 25.4 Å². The first-order valence-corrected chi connectivity index (χ1v) is 6.87. The molecule has 0 aromatic carbocycles. The Balaban J connectivity index is 1.69. The van der Waals surface area contributed by atoms with Crippen LogP contribution < -0.4 is 5.32 Å². The largest absolute Gasteiger partial charge is 0.369 e. The number of fused-ring (bicyclic) bond motifs is 1. The highest BCUT2D eigenvalue weighted by Crippen LogP contribution is 2.20. The summed E-state index contributed by atoms with van der Waals surface area (Å²) in [7, 11) is 1.90. The molecule has 2 aromatic rings. The second-order valence-electron chi connectivity index (χ2n) is 5.16. The number of aromatic nitrogens is 4. The summed E-state index contributed by atoms with van der Waals surface area (Å²) in [5, 5.41) is 8.68. The van der Waals surface area contributed by atoms with Gasteiger partial charge in [-0.15, -0.1) is 0 Å². The standard InChI is InChI=1S/C13H20N6/c1-3-19-5-4-10(8-19)6-14-12-11-7-17-18(2)13(11)16-9-15-12/h7,9-10H,3-6,8H2,1-2H3,(H,14,15,16). The molecule has 1 unspecified atom stereocenters. The number of hydrogen-bond donors (Lipinski definition) is 1. The van der Waals surface area contributed by atoms with E-state index in [1.165, 1.54) is 19.5 Å². The average molecular weight is 260 g/mol. The Bertz CT molecular complexity index is 563.